The second kappa shape index (κ2) is 6.10. The van der Waals surface area contributed by atoms with Crippen LogP contribution in [0.1, 0.15) is 19.9 Å². The molecule has 0 fully saturated rings. The van der Waals surface area contributed by atoms with Crippen molar-refractivity contribution in [2.24, 2.45) is 0 Å². The minimum Gasteiger partial charge on any atom is -0.504 e. The average molecular weight is 275 g/mol. The summed E-state index contributed by atoms with van der Waals surface area (Å²) in [7, 11) is 0. The molecule has 0 aliphatic carbocycles. The summed E-state index contributed by atoms with van der Waals surface area (Å²) in [6, 6.07) is 8.38. The van der Waals surface area contributed by atoms with Crippen LogP contribution >= 0.6 is 0 Å². The number of hydrogen-bond donors (Lipinski definition) is 2. The average Bonchev–Trinajstić information content (AvgIpc) is 2.86. The van der Waals surface area contributed by atoms with Gasteiger partial charge < -0.3 is 15.2 Å². The predicted octanol–water partition coefficient (Wildman–Crippen LogP) is 2.19. The number of phenols is 1. The van der Waals surface area contributed by atoms with E-state index in [1.165, 1.54) is 6.07 Å². The van der Waals surface area contributed by atoms with E-state index in [0.717, 1.165) is 0 Å². The first kappa shape index (κ1) is 13.9. The van der Waals surface area contributed by atoms with E-state index in [1.807, 2.05) is 13.8 Å². The molecule has 0 spiro atoms. The molecule has 1 amide bonds. The predicted molar refractivity (Wildman–Crippen MR) is 74.8 cm³/mol. The second-order valence-electron chi connectivity index (χ2n) is 4.56. The third-order valence-electron chi connectivity index (χ3n) is 2.65. The van der Waals surface area contributed by atoms with Crippen LogP contribution in [0.15, 0.2) is 36.5 Å². The molecule has 2 N–H and O–H groups in total. The van der Waals surface area contributed by atoms with E-state index in [1.54, 1.807) is 35.1 Å². The van der Waals surface area contributed by atoms with E-state index in [0.29, 0.717) is 5.82 Å². The fourth-order valence-corrected chi connectivity index (χ4v) is 1.73. The van der Waals surface area contributed by atoms with Gasteiger partial charge in [0.1, 0.15) is 5.82 Å². The molecule has 1 aromatic carbocycles. The SMILES string of the molecule is CC(C)n1nccc1NC(=O)COc1ccccc1O. The van der Waals surface area contributed by atoms with Gasteiger partial charge in [0, 0.05) is 12.1 Å². The quantitative estimate of drug-likeness (QED) is 0.877. The lowest BCUT2D eigenvalue weighted by molar-refractivity contribution is -0.118. The Morgan fingerprint density at radius 2 is 2.15 bits per heavy atom. The van der Waals surface area contributed by atoms with Crippen LogP contribution in [0, 0.1) is 0 Å². The fraction of sp³-hybridized carbons (Fsp3) is 0.286. The molecule has 106 valence electrons. The third-order valence-corrected chi connectivity index (χ3v) is 2.65. The van der Waals surface area contributed by atoms with Gasteiger partial charge in [-0.1, -0.05) is 12.1 Å². The highest BCUT2D eigenvalue weighted by molar-refractivity contribution is 5.91. The molecule has 0 bridgehead atoms. The molecule has 0 saturated heterocycles. The Hall–Kier alpha value is -2.50. The van der Waals surface area contributed by atoms with Crippen LogP contribution in [0.3, 0.4) is 0 Å². The number of hydrogen-bond acceptors (Lipinski definition) is 4. The lowest BCUT2D eigenvalue weighted by Gasteiger charge is -2.12. The number of anilines is 1. The first-order chi connectivity index (χ1) is 9.58. The van der Waals surface area contributed by atoms with E-state index < -0.39 is 0 Å². The van der Waals surface area contributed by atoms with Crippen molar-refractivity contribution in [1.82, 2.24) is 9.78 Å². The smallest absolute Gasteiger partial charge is 0.263 e. The Labute approximate surface area is 117 Å². The highest BCUT2D eigenvalue weighted by atomic mass is 16.5. The Bertz CT molecular complexity index is 593. The molecule has 0 unspecified atom stereocenters. The number of rotatable bonds is 5. The molecule has 0 radical (unpaired) electrons. The number of carbonyl (C=O) groups excluding carboxylic acids is 1. The number of ether oxygens (including phenoxy) is 1. The highest BCUT2D eigenvalue weighted by Gasteiger charge is 2.10. The molecular weight excluding hydrogens is 258 g/mol. The minimum atomic E-state index is -0.310. The summed E-state index contributed by atoms with van der Waals surface area (Å²) in [6.07, 6.45) is 1.62. The number of para-hydroxylation sites is 2. The van der Waals surface area contributed by atoms with E-state index in [2.05, 4.69) is 10.4 Å². The van der Waals surface area contributed by atoms with E-state index in [9.17, 15) is 9.90 Å². The molecule has 1 heterocycles. The third kappa shape index (κ3) is 3.28. The van der Waals surface area contributed by atoms with Crippen molar-refractivity contribution in [3.63, 3.8) is 0 Å². The number of phenolic OH excluding ortho intramolecular Hbond substituents is 1. The molecule has 6 nitrogen and oxygen atoms in total. The molecule has 2 aromatic rings. The number of amides is 1. The Morgan fingerprint density at radius 1 is 1.40 bits per heavy atom. The minimum absolute atomic E-state index is 0.00697. The van der Waals surface area contributed by atoms with Crippen molar-refractivity contribution in [3.05, 3.63) is 36.5 Å². The standard InChI is InChI=1S/C14H17N3O3/c1-10(2)17-13(7-8-15-17)16-14(19)9-20-12-6-4-3-5-11(12)18/h3-8,10,18H,9H2,1-2H3,(H,16,19). The van der Waals surface area contributed by atoms with Crippen LogP contribution in [-0.4, -0.2) is 27.4 Å². The molecule has 0 atom stereocenters. The number of benzene rings is 1. The topological polar surface area (TPSA) is 76.4 Å². The van der Waals surface area contributed by atoms with Gasteiger partial charge in [-0.05, 0) is 26.0 Å². The lowest BCUT2D eigenvalue weighted by atomic mass is 10.3. The largest absolute Gasteiger partial charge is 0.504 e. The van der Waals surface area contributed by atoms with Crippen LogP contribution in [0.25, 0.3) is 0 Å². The molecule has 0 aliphatic heterocycles. The summed E-state index contributed by atoms with van der Waals surface area (Å²) in [5.41, 5.74) is 0. The maximum Gasteiger partial charge on any atom is 0.263 e. The van der Waals surface area contributed by atoms with E-state index in [4.69, 9.17) is 4.74 Å². The van der Waals surface area contributed by atoms with Crippen LogP contribution in [0.5, 0.6) is 11.5 Å². The van der Waals surface area contributed by atoms with Crippen molar-refractivity contribution in [2.45, 2.75) is 19.9 Å². The maximum atomic E-state index is 11.8. The summed E-state index contributed by atoms with van der Waals surface area (Å²) in [6.45, 7) is 3.77. The van der Waals surface area contributed by atoms with E-state index in [-0.39, 0.29) is 30.1 Å². The van der Waals surface area contributed by atoms with Gasteiger partial charge in [-0.15, -0.1) is 0 Å². The van der Waals surface area contributed by atoms with Crippen LogP contribution in [0.2, 0.25) is 0 Å². The molecule has 0 aliphatic rings. The van der Waals surface area contributed by atoms with Crippen molar-refractivity contribution >= 4 is 11.7 Å². The molecule has 1 aromatic heterocycles. The second-order valence-corrected chi connectivity index (χ2v) is 4.56. The fourth-order valence-electron chi connectivity index (χ4n) is 1.73. The number of nitrogens with one attached hydrogen (secondary N) is 1. The van der Waals surface area contributed by atoms with Gasteiger partial charge >= 0.3 is 0 Å². The first-order valence-electron chi connectivity index (χ1n) is 6.32. The number of nitrogens with zero attached hydrogens (tertiary/aromatic N) is 2. The molecule has 6 heteroatoms. The van der Waals surface area contributed by atoms with Crippen LogP contribution in [0.4, 0.5) is 5.82 Å². The molecule has 2 rings (SSSR count). The molecular formula is C14H17N3O3. The van der Waals surface area contributed by atoms with Gasteiger partial charge in [-0.2, -0.15) is 5.10 Å². The van der Waals surface area contributed by atoms with Crippen LogP contribution in [-0.2, 0) is 4.79 Å². The van der Waals surface area contributed by atoms with Gasteiger partial charge in [0.15, 0.2) is 18.1 Å². The van der Waals surface area contributed by atoms with Crippen molar-refractivity contribution in [2.75, 3.05) is 11.9 Å². The lowest BCUT2D eigenvalue weighted by Crippen LogP contribution is -2.22. The van der Waals surface area contributed by atoms with Crippen LogP contribution < -0.4 is 10.1 Å². The summed E-state index contributed by atoms with van der Waals surface area (Å²) in [5.74, 6) is 0.592. The Morgan fingerprint density at radius 3 is 2.85 bits per heavy atom. The zero-order chi connectivity index (χ0) is 14.5. The zero-order valence-electron chi connectivity index (χ0n) is 11.4. The Balaban J connectivity index is 1.93. The summed E-state index contributed by atoms with van der Waals surface area (Å²) >= 11 is 0. The normalized spacial score (nSPS) is 10.6. The molecule has 20 heavy (non-hydrogen) atoms. The zero-order valence-corrected chi connectivity index (χ0v) is 11.4. The highest BCUT2D eigenvalue weighted by Crippen LogP contribution is 2.24. The summed E-state index contributed by atoms with van der Waals surface area (Å²) < 4.78 is 6.96. The van der Waals surface area contributed by atoms with E-state index >= 15 is 0 Å². The summed E-state index contributed by atoms with van der Waals surface area (Å²) in [4.78, 5) is 11.8. The summed E-state index contributed by atoms with van der Waals surface area (Å²) in [5, 5.41) is 16.4. The van der Waals surface area contributed by atoms with Crippen molar-refractivity contribution in [1.29, 1.82) is 0 Å². The van der Waals surface area contributed by atoms with Gasteiger partial charge in [-0.3, -0.25) is 4.79 Å². The number of carbonyl (C=O) groups is 1. The Kier molecular flexibility index (Phi) is 4.24. The van der Waals surface area contributed by atoms with Gasteiger partial charge in [-0.25, -0.2) is 4.68 Å². The van der Waals surface area contributed by atoms with Gasteiger partial charge in [0.2, 0.25) is 0 Å². The number of aromatic hydroxyl groups is 1. The monoisotopic (exact) mass is 275 g/mol. The number of aromatic nitrogens is 2. The van der Waals surface area contributed by atoms with Gasteiger partial charge in [0.25, 0.3) is 5.91 Å². The van der Waals surface area contributed by atoms with Crippen molar-refractivity contribution in [3.8, 4) is 11.5 Å². The first-order valence-corrected chi connectivity index (χ1v) is 6.32. The van der Waals surface area contributed by atoms with Gasteiger partial charge in [0.05, 0.1) is 6.20 Å². The van der Waals surface area contributed by atoms with Crippen molar-refractivity contribution < 1.29 is 14.6 Å². The maximum absolute atomic E-state index is 11.8. The molecule has 0 saturated carbocycles.